The molecule has 2 heterocycles. The number of carbonyl (C=O) groups excluding carboxylic acids is 1. The van der Waals surface area contributed by atoms with Crippen molar-refractivity contribution in [3.8, 4) is 5.75 Å². The first-order valence-corrected chi connectivity index (χ1v) is 5.64. The Bertz CT molecular complexity index is 542. The van der Waals surface area contributed by atoms with E-state index in [1.54, 1.807) is 11.3 Å². The fourth-order valence-corrected chi connectivity index (χ4v) is 1.57. The van der Waals surface area contributed by atoms with Crippen molar-refractivity contribution in [1.29, 1.82) is 0 Å². The molecule has 0 aliphatic rings. The van der Waals surface area contributed by atoms with Crippen LogP contribution in [0.25, 0.3) is 5.65 Å². The summed E-state index contributed by atoms with van der Waals surface area (Å²) in [6.07, 6.45) is 2.96. The number of nitrogens with zero attached hydrogens (tertiary/aromatic N) is 4. The second kappa shape index (κ2) is 5.09. The van der Waals surface area contributed by atoms with Gasteiger partial charge < -0.3 is 9.47 Å². The Morgan fingerprint density at radius 2 is 2.41 bits per heavy atom. The van der Waals surface area contributed by atoms with E-state index in [2.05, 4.69) is 31.1 Å². The van der Waals surface area contributed by atoms with Crippen LogP contribution in [0.5, 0.6) is 5.75 Å². The number of rotatable bonds is 4. The molecule has 2 aromatic rings. The molecule has 8 heteroatoms. The summed E-state index contributed by atoms with van der Waals surface area (Å²) in [7, 11) is 0. The molecule has 0 spiro atoms. The zero-order chi connectivity index (χ0) is 12.3. The number of carbonyl (C=O) groups is 1. The standard InChI is InChI=1S/C9H9BrN4O3/c1-2-16-7(15)4-17-6-3-11-9(10)14-5-12-13-8(6)14/h3,5H,2,4H2,1H3. The van der Waals surface area contributed by atoms with E-state index in [0.717, 1.165) is 0 Å². The third kappa shape index (κ3) is 2.52. The Hall–Kier alpha value is -1.70. The molecule has 17 heavy (non-hydrogen) atoms. The van der Waals surface area contributed by atoms with E-state index in [1.807, 2.05) is 0 Å². The molecule has 0 radical (unpaired) electrons. The van der Waals surface area contributed by atoms with Gasteiger partial charge in [0.25, 0.3) is 0 Å². The molecule has 0 bridgehead atoms. The Kier molecular flexibility index (Phi) is 3.52. The third-order valence-corrected chi connectivity index (χ3v) is 2.49. The van der Waals surface area contributed by atoms with Crippen molar-refractivity contribution >= 4 is 27.5 Å². The normalized spacial score (nSPS) is 10.5. The number of halogens is 1. The van der Waals surface area contributed by atoms with Crippen molar-refractivity contribution in [2.45, 2.75) is 6.92 Å². The molecule has 2 aromatic heterocycles. The molecule has 0 aliphatic heterocycles. The molecule has 0 aliphatic carbocycles. The average molecular weight is 301 g/mol. The highest BCUT2D eigenvalue weighted by molar-refractivity contribution is 9.10. The molecule has 0 unspecified atom stereocenters. The Morgan fingerprint density at radius 1 is 1.59 bits per heavy atom. The van der Waals surface area contributed by atoms with Gasteiger partial charge in [-0.1, -0.05) is 0 Å². The molecule has 0 N–H and O–H groups in total. The van der Waals surface area contributed by atoms with Gasteiger partial charge in [0.1, 0.15) is 6.33 Å². The zero-order valence-corrected chi connectivity index (χ0v) is 10.5. The van der Waals surface area contributed by atoms with Gasteiger partial charge in [0.05, 0.1) is 12.8 Å². The summed E-state index contributed by atoms with van der Waals surface area (Å²) in [5.41, 5.74) is 0.483. The van der Waals surface area contributed by atoms with Crippen LogP contribution < -0.4 is 4.74 Å². The van der Waals surface area contributed by atoms with E-state index >= 15 is 0 Å². The fraction of sp³-hybridized carbons (Fsp3) is 0.333. The summed E-state index contributed by atoms with van der Waals surface area (Å²) in [6.45, 7) is 1.87. The summed E-state index contributed by atoms with van der Waals surface area (Å²) < 4.78 is 12.2. The van der Waals surface area contributed by atoms with Gasteiger partial charge in [0.15, 0.2) is 17.1 Å². The van der Waals surface area contributed by atoms with Crippen molar-refractivity contribution < 1.29 is 14.3 Å². The number of hydrogen-bond acceptors (Lipinski definition) is 6. The van der Waals surface area contributed by atoms with Gasteiger partial charge in [-0.05, 0) is 22.9 Å². The first-order chi connectivity index (χ1) is 8.22. The lowest BCUT2D eigenvalue weighted by Gasteiger charge is -2.06. The summed E-state index contributed by atoms with van der Waals surface area (Å²) in [5, 5.41) is 7.60. The maximum Gasteiger partial charge on any atom is 0.344 e. The van der Waals surface area contributed by atoms with Gasteiger partial charge in [0.2, 0.25) is 5.65 Å². The second-order valence-electron chi connectivity index (χ2n) is 3.01. The van der Waals surface area contributed by atoms with Crippen LogP contribution in [0.1, 0.15) is 6.92 Å². The molecule has 0 atom stereocenters. The van der Waals surface area contributed by atoms with Crippen LogP contribution in [0.15, 0.2) is 17.3 Å². The van der Waals surface area contributed by atoms with E-state index in [-0.39, 0.29) is 6.61 Å². The summed E-state index contributed by atoms with van der Waals surface area (Å²) in [6, 6.07) is 0. The number of ether oxygens (including phenoxy) is 2. The quantitative estimate of drug-likeness (QED) is 0.615. The van der Waals surface area contributed by atoms with Gasteiger partial charge in [-0.25, -0.2) is 9.78 Å². The maximum atomic E-state index is 11.1. The van der Waals surface area contributed by atoms with E-state index < -0.39 is 5.97 Å². The first-order valence-electron chi connectivity index (χ1n) is 4.85. The van der Waals surface area contributed by atoms with Crippen LogP contribution in [-0.2, 0) is 9.53 Å². The molecule has 90 valence electrons. The number of esters is 1. The summed E-state index contributed by atoms with van der Waals surface area (Å²) >= 11 is 3.24. The lowest BCUT2D eigenvalue weighted by Crippen LogP contribution is -2.15. The van der Waals surface area contributed by atoms with Crippen molar-refractivity contribution in [2.24, 2.45) is 0 Å². The minimum atomic E-state index is -0.437. The Labute approximate surface area is 105 Å². The Balaban J connectivity index is 2.16. The fourth-order valence-electron chi connectivity index (χ4n) is 1.21. The van der Waals surface area contributed by atoms with E-state index in [4.69, 9.17) is 9.47 Å². The summed E-state index contributed by atoms with van der Waals surface area (Å²) in [5.74, 6) is -0.0631. The van der Waals surface area contributed by atoms with Crippen LogP contribution in [0.3, 0.4) is 0 Å². The summed E-state index contributed by atoms with van der Waals surface area (Å²) in [4.78, 5) is 15.2. The van der Waals surface area contributed by atoms with Crippen LogP contribution in [0.2, 0.25) is 0 Å². The van der Waals surface area contributed by atoms with Crippen molar-refractivity contribution in [2.75, 3.05) is 13.2 Å². The van der Waals surface area contributed by atoms with Crippen LogP contribution in [0.4, 0.5) is 0 Å². The largest absolute Gasteiger partial charge is 0.476 e. The lowest BCUT2D eigenvalue weighted by atomic mass is 10.5. The molecule has 0 aromatic carbocycles. The molecule has 2 rings (SSSR count). The van der Waals surface area contributed by atoms with Crippen molar-refractivity contribution in [3.05, 3.63) is 17.3 Å². The molecule has 0 fully saturated rings. The predicted octanol–water partition coefficient (Wildman–Crippen LogP) is 0.829. The van der Waals surface area contributed by atoms with Crippen molar-refractivity contribution in [1.82, 2.24) is 19.6 Å². The second-order valence-corrected chi connectivity index (χ2v) is 3.72. The van der Waals surface area contributed by atoms with Gasteiger partial charge in [-0.2, -0.15) is 0 Å². The molecular weight excluding hydrogens is 292 g/mol. The highest BCUT2D eigenvalue weighted by atomic mass is 79.9. The van der Waals surface area contributed by atoms with Gasteiger partial charge in [0, 0.05) is 0 Å². The zero-order valence-electron chi connectivity index (χ0n) is 8.96. The van der Waals surface area contributed by atoms with E-state index in [9.17, 15) is 4.79 Å². The van der Waals surface area contributed by atoms with Crippen LogP contribution in [0, 0.1) is 0 Å². The highest BCUT2D eigenvalue weighted by Crippen LogP contribution is 2.19. The third-order valence-electron chi connectivity index (χ3n) is 1.91. The Morgan fingerprint density at radius 3 is 3.18 bits per heavy atom. The van der Waals surface area contributed by atoms with Crippen LogP contribution in [-0.4, -0.2) is 38.8 Å². The van der Waals surface area contributed by atoms with E-state index in [0.29, 0.717) is 22.7 Å². The monoisotopic (exact) mass is 300 g/mol. The molecule has 0 saturated heterocycles. The van der Waals surface area contributed by atoms with Gasteiger partial charge in [-0.15, -0.1) is 10.2 Å². The van der Waals surface area contributed by atoms with Gasteiger partial charge in [-0.3, -0.25) is 4.40 Å². The number of aromatic nitrogens is 4. The SMILES string of the molecule is CCOC(=O)COc1cnc(Br)n2cnnc12. The molecule has 0 amide bonds. The van der Waals surface area contributed by atoms with Crippen molar-refractivity contribution in [3.63, 3.8) is 0 Å². The van der Waals surface area contributed by atoms with Crippen LogP contribution >= 0.6 is 15.9 Å². The predicted molar refractivity (Wildman–Crippen MR) is 60.6 cm³/mol. The molecule has 7 nitrogen and oxygen atoms in total. The minimum Gasteiger partial charge on any atom is -0.476 e. The lowest BCUT2D eigenvalue weighted by molar-refractivity contribution is -0.145. The van der Waals surface area contributed by atoms with E-state index in [1.165, 1.54) is 12.5 Å². The smallest absolute Gasteiger partial charge is 0.344 e. The maximum absolute atomic E-state index is 11.1. The highest BCUT2D eigenvalue weighted by Gasteiger charge is 2.10. The number of hydrogen-bond donors (Lipinski definition) is 0. The minimum absolute atomic E-state index is 0.181. The topological polar surface area (TPSA) is 78.6 Å². The average Bonchev–Trinajstić information content (AvgIpc) is 2.78. The van der Waals surface area contributed by atoms with Gasteiger partial charge >= 0.3 is 5.97 Å². The number of fused-ring (bicyclic) bond motifs is 1. The first kappa shape index (κ1) is 11.8. The molecular formula is C9H9BrN4O3. The molecule has 0 saturated carbocycles.